The SMILES string of the molecule is CCn1nc(C)cc1C(N)c1ccccc1Cl. The number of hydrogen-bond donors (Lipinski definition) is 1. The van der Waals surface area contributed by atoms with Crippen LogP contribution in [0.1, 0.15) is 29.9 Å². The van der Waals surface area contributed by atoms with Gasteiger partial charge in [0.2, 0.25) is 0 Å². The van der Waals surface area contributed by atoms with Gasteiger partial charge in [-0.15, -0.1) is 0 Å². The van der Waals surface area contributed by atoms with Crippen molar-refractivity contribution < 1.29 is 0 Å². The van der Waals surface area contributed by atoms with Crippen molar-refractivity contribution in [3.8, 4) is 0 Å². The maximum absolute atomic E-state index is 6.26. The van der Waals surface area contributed by atoms with E-state index in [4.69, 9.17) is 17.3 Å². The first-order valence-corrected chi connectivity index (χ1v) is 6.05. The van der Waals surface area contributed by atoms with Crippen molar-refractivity contribution in [3.05, 3.63) is 52.3 Å². The van der Waals surface area contributed by atoms with Crippen LogP contribution in [0.3, 0.4) is 0 Å². The smallest absolute Gasteiger partial charge is 0.0737 e. The van der Waals surface area contributed by atoms with Gasteiger partial charge in [-0.3, -0.25) is 4.68 Å². The fourth-order valence-corrected chi connectivity index (χ4v) is 2.21. The molecule has 4 heteroatoms. The van der Waals surface area contributed by atoms with E-state index in [1.54, 1.807) is 0 Å². The molecule has 0 bridgehead atoms. The van der Waals surface area contributed by atoms with Gasteiger partial charge in [0.05, 0.1) is 17.4 Å². The Hall–Kier alpha value is -1.32. The lowest BCUT2D eigenvalue weighted by atomic mass is 10.0. The summed E-state index contributed by atoms with van der Waals surface area (Å²) in [5, 5.41) is 5.09. The lowest BCUT2D eigenvalue weighted by Crippen LogP contribution is -2.17. The lowest BCUT2D eigenvalue weighted by Gasteiger charge is -2.14. The van der Waals surface area contributed by atoms with Crippen LogP contribution in [-0.2, 0) is 6.54 Å². The van der Waals surface area contributed by atoms with Crippen molar-refractivity contribution in [1.82, 2.24) is 9.78 Å². The molecule has 1 unspecified atom stereocenters. The van der Waals surface area contributed by atoms with Crippen LogP contribution >= 0.6 is 11.6 Å². The van der Waals surface area contributed by atoms with Gasteiger partial charge in [0.15, 0.2) is 0 Å². The molecule has 0 spiro atoms. The molecule has 2 N–H and O–H groups in total. The minimum absolute atomic E-state index is 0.232. The van der Waals surface area contributed by atoms with Gasteiger partial charge < -0.3 is 5.73 Å². The van der Waals surface area contributed by atoms with Gasteiger partial charge in [-0.1, -0.05) is 29.8 Å². The molecule has 3 nitrogen and oxygen atoms in total. The van der Waals surface area contributed by atoms with Crippen molar-refractivity contribution in [3.63, 3.8) is 0 Å². The van der Waals surface area contributed by atoms with Crippen molar-refractivity contribution in [1.29, 1.82) is 0 Å². The second kappa shape index (κ2) is 4.90. The summed E-state index contributed by atoms with van der Waals surface area (Å²) in [5.74, 6) is 0. The maximum Gasteiger partial charge on any atom is 0.0737 e. The Morgan fingerprint density at radius 2 is 2.12 bits per heavy atom. The summed E-state index contributed by atoms with van der Waals surface area (Å²) in [6, 6.07) is 9.44. The average molecular weight is 250 g/mol. The Bertz CT molecular complexity index is 519. The van der Waals surface area contributed by atoms with E-state index >= 15 is 0 Å². The fourth-order valence-electron chi connectivity index (χ4n) is 1.96. The van der Waals surface area contributed by atoms with Crippen LogP contribution in [-0.4, -0.2) is 9.78 Å². The van der Waals surface area contributed by atoms with Gasteiger partial charge in [-0.05, 0) is 31.5 Å². The third-order valence-corrected chi connectivity index (χ3v) is 3.14. The molecular formula is C13H16ClN3. The number of aromatic nitrogens is 2. The van der Waals surface area contributed by atoms with E-state index in [1.165, 1.54) is 0 Å². The third kappa shape index (κ3) is 2.35. The largest absolute Gasteiger partial charge is 0.319 e. The third-order valence-electron chi connectivity index (χ3n) is 2.79. The molecule has 0 aliphatic heterocycles. The fraction of sp³-hybridized carbons (Fsp3) is 0.308. The summed E-state index contributed by atoms with van der Waals surface area (Å²) in [5.41, 5.74) is 9.17. The van der Waals surface area contributed by atoms with Crippen LogP contribution in [0.2, 0.25) is 5.02 Å². The predicted octanol–water partition coefficient (Wildman–Crippen LogP) is 2.91. The molecule has 2 rings (SSSR count). The Morgan fingerprint density at radius 1 is 1.41 bits per heavy atom. The average Bonchev–Trinajstić information content (AvgIpc) is 2.70. The number of halogens is 1. The number of nitrogens with two attached hydrogens (primary N) is 1. The highest BCUT2D eigenvalue weighted by Crippen LogP contribution is 2.26. The summed E-state index contributed by atoms with van der Waals surface area (Å²) < 4.78 is 1.92. The molecule has 0 aliphatic rings. The summed E-state index contributed by atoms with van der Waals surface area (Å²) in [4.78, 5) is 0. The van der Waals surface area contributed by atoms with E-state index in [9.17, 15) is 0 Å². The van der Waals surface area contributed by atoms with Gasteiger partial charge in [-0.2, -0.15) is 5.10 Å². The van der Waals surface area contributed by atoms with E-state index in [-0.39, 0.29) is 6.04 Å². The molecule has 0 saturated heterocycles. The highest BCUT2D eigenvalue weighted by atomic mass is 35.5. The van der Waals surface area contributed by atoms with Crippen LogP contribution in [0, 0.1) is 6.92 Å². The van der Waals surface area contributed by atoms with Gasteiger partial charge >= 0.3 is 0 Å². The molecule has 2 aromatic rings. The molecule has 0 radical (unpaired) electrons. The number of aryl methyl sites for hydroxylation is 2. The molecule has 90 valence electrons. The van der Waals surface area contributed by atoms with Crippen LogP contribution in [0.25, 0.3) is 0 Å². The van der Waals surface area contributed by atoms with Gasteiger partial charge in [0, 0.05) is 11.6 Å². The van der Waals surface area contributed by atoms with E-state index < -0.39 is 0 Å². The van der Waals surface area contributed by atoms with Crippen LogP contribution in [0.5, 0.6) is 0 Å². The second-order valence-electron chi connectivity index (χ2n) is 4.03. The highest BCUT2D eigenvalue weighted by Gasteiger charge is 2.16. The lowest BCUT2D eigenvalue weighted by molar-refractivity contribution is 0.597. The zero-order valence-corrected chi connectivity index (χ0v) is 10.8. The number of nitrogens with zero attached hydrogens (tertiary/aromatic N) is 2. The van der Waals surface area contributed by atoms with E-state index in [1.807, 2.05) is 41.9 Å². The van der Waals surface area contributed by atoms with Gasteiger partial charge in [0.1, 0.15) is 0 Å². The molecule has 17 heavy (non-hydrogen) atoms. The minimum atomic E-state index is -0.232. The number of rotatable bonds is 3. The zero-order chi connectivity index (χ0) is 12.4. The molecule has 1 atom stereocenters. The summed E-state index contributed by atoms with van der Waals surface area (Å²) in [6.45, 7) is 4.82. The number of hydrogen-bond acceptors (Lipinski definition) is 2. The molecular weight excluding hydrogens is 234 g/mol. The molecule has 1 aromatic carbocycles. The standard InChI is InChI=1S/C13H16ClN3/c1-3-17-12(8-9(2)16-17)13(15)10-6-4-5-7-11(10)14/h4-8,13H,3,15H2,1-2H3. The molecule has 1 heterocycles. The van der Waals surface area contributed by atoms with E-state index in [0.717, 1.165) is 23.5 Å². The van der Waals surface area contributed by atoms with Crippen LogP contribution in [0.4, 0.5) is 0 Å². The van der Waals surface area contributed by atoms with Crippen LogP contribution in [0.15, 0.2) is 30.3 Å². The summed E-state index contributed by atoms with van der Waals surface area (Å²) >= 11 is 6.16. The van der Waals surface area contributed by atoms with Crippen molar-refractivity contribution in [2.75, 3.05) is 0 Å². The Balaban J connectivity index is 2.43. The van der Waals surface area contributed by atoms with Crippen LogP contribution < -0.4 is 5.73 Å². The Labute approximate surface area is 106 Å². The van der Waals surface area contributed by atoms with E-state index in [2.05, 4.69) is 12.0 Å². The molecule has 0 aliphatic carbocycles. The van der Waals surface area contributed by atoms with Gasteiger partial charge in [0.25, 0.3) is 0 Å². The molecule has 0 saturated carbocycles. The first-order chi connectivity index (χ1) is 8.13. The Morgan fingerprint density at radius 3 is 2.76 bits per heavy atom. The molecule has 1 aromatic heterocycles. The minimum Gasteiger partial charge on any atom is -0.319 e. The monoisotopic (exact) mass is 249 g/mol. The Kier molecular flexibility index (Phi) is 3.50. The second-order valence-corrected chi connectivity index (χ2v) is 4.43. The zero-order valence-electron chi connectivity index (χ0n) is 10.0. The summed E-state index contributed by atoms with van der Waals surface area (Å²) in [6.07, 6.45) is 0. The first-order valence-electron chi connectivity index (χ1n) is 5.67. The molecule has 0 amide bonds. The van der Waals surface area contributed by atoms with Crippen molar-refractivity contribution in [2.24, 2.45) is 5.73 Å². The number of benzene rings is 1. The maximum atomic E-state index is 6.26. The van der Waals surface area contributed by atoms with E-state index in [0.29, 0.717) is 5.02 Å². The quantitative estimate of drug-likeness (QED) is 0.909. The van der Waals surface area contributed by atoms with Crippen molar-refractivity contribution in [2.45, 2.75) is 26.4 Å². The normalized spacial score (nSPS) is 12.7. The van der Waals surface area contributed by atoms with Crippen molar-refractivity contribution >= 4 is 11.6 Å². The summed E-state index contributed by atoms with van der Waals surface area (Å²) in [7, 11) is 0. The predicted molar refractivity (Wildman–Crippen MR) is 70.1 cm³/mol. The highest BCUT2D eigenvalue weighted by molar-refractivity contribution is 6.31. The first kappa shape index (κ1) is 12.1. The molecule has 0 fully saturated rings. The van der Waals surface area contributed by atoms with Gasteiger partial charge in [-0.25, -0.2) is 0 Å². The topological polar surface area (TPSA) is 43.8 Å².